The number of amides is 1. The molecule has 0 aliphatic rings. The number of nitrogens with one attached hydrogen (secondary N) is 1. The zero-order valence-corrected chi connectivity index (χ0v) is 17.1. The number of nitrogens with zero attached hydrogens (tertiary/aromatic N) is 1. The van der Waals surface area contributed by atoms with Crippen molar-refractivity contribution in [3.05, 3.63) is 59.7 Å². The zero-order chi connectivity index (χ0) is 20.0. The van der Waals surface area contributed by atoms with Gasteiger partial charge < -0.3 is 5.32 Å². The molecule has 1 N–H and O–H groups in total. The van der Waals surface area contributed by atoms with Gasteiger partial charge in [-0.25, -0.2) is 12.7 Å². The second kappa shape index (κ2) is 9.16. The molecular weight excluding hydrogens is 384 g/mol. The van der Waals surface area contributed by atoms with Crippen molar-refractivity contribution in [3.63, 3.8) is 0 Å². The van der Waals surface area contributed by atoms with Crippen LogP contribution in [0.3, 0.4) is 0 Å². The van der Waals surface area contributed by atoms with Gasteiger partial charge in [0.05, 0.1) is 10.6 Å². The Bertz CT molecular complexity index is 923. The molecule has 8 heteroatoms. The van der Waals surface area contributed by atoms with Crippen LogP contribution in [0.1, 0.15) is 22.8 Å². The number of thioether (sulfide) groups is 1. The fraction of sp³-hybridized carbons (Fsp3) is 0.263. The number of benzene rings is 2. The molecule has 2 aromatic carbocycles. The molecule has 27 heavy (non-hydrogen) atoms. The van der Waals surface area contributed by atoms with Crippen molar-refractivity contribution in [2.24, 2.45) is 0 Å². The number of ketones is 1. The van der Waals surface area contributed by atoms with E-state index >= 15 is 0 Å². The molecule has 0 saturated heterocycles. The highest BCUT2D eigenvalue weighted by atomic mass is 32.2. The van der Waals surface area contributed by atoms with Crippen molar-refractivity contribution >= 4 is 39.2 Å². The second-order valence-corrected chi connectivity index (χ2v) is 9.25. The third kappa shape index (κ3) is 5.92. The lowest BCUT2D eigenvalue weighted by Crippen LogP contribution is -2.22. The molecular formula is C19H22N2O4S2. The summed E-state index contributed by atoms with van der Waals surface area (Å²) < 4.78 is 25.5. The molecule has 6 nitrogen and oxygen atoms in total. The molecule has 0 fully saturated rings. The summed E-state index contributed by atoms with van der Waals surface area (Å²) in [6.07, 6.45) is 0. The highest BCUT2D eigenvalue weighted by Crippen LogP contribution is 2.19. The van der Waals surface area contributed by atoms with Gasteiger partial charge in [0.15, 0.2) is 5.78 Å². The van der Waals surface area contributed by atoms with Crippen LogP contribution in [-0.2, 0) is 20.6 Å². The van der Waals surface area contributed by atoms with Gasteiger partial charge in [-0.1, -0.05) is 12.1 Å². The van der Waals surface area contributed by atoms with Crippen molar-refractivity contribution in [1.82, 2.24) is 4.31 Å². The Labute approximate surface area is 164 Å². The van der Waals surface area contributed by atoms with Crippen LogP contribution < -0.4 is 5.32 Å². The lowest BCUT2D eigenvalue weighted by Gasteiger charge is -2.12. The predicted molar refractivity (Wildman–Crippen MR) is 109 cm³/mol. The highest BCUT2D eigenvalue weighted by Gasteiger charge is 2.17. The molecule has 0 aliphatic carbocycles. The lowest BCUT2D eigenvalue weighted by atomic mass is 10.1. The minimum atomic E-state index is -3.47. The van der Waals surface area contributed by atoms with E-state index in [0.29, 0.717) is 17.0 Å². The maximum absolute atomic E-state index is 12.2. The monoisotopic (exact) mass is 406 g/mol. The van der Waals surface area contributed by atoms with E-state index in [1.54, 1.807) is 42.5 Å². The highest BCUT2D eigenvalue weighted by molar-refractivity contribution is 7.99. The molecule has 0 aliphatic heterocycles. The number of carbonyl (C=O) groups excluding carboxylic acids is 2. The summed E-state index contributed by atoms with van der Waals surface area (Å²) in [4.78, 5) is 23.5. The van der Waals surface area contributed by atoms with Crippen molar-refractivity contribution in [2.45, 2.75) is 17.6 Å². The summed E-state index contributed by atoms with van der Waals surface area (Å²) in [5.74, 6) is 0.571. The van der Waals surface area contributed by atoms with Crippen LogP contribution in [0, 0.1) is 0 Å². The number of sulfonamides is 1. The molecule has 0 radical (unpaired) electrons. The Hall–Kier alpha value is -2.16. The largest absolute Gasteiger partial charge is 0.325 e. The van der Waals surface area contributed by atoms with E-state index in [4.69, 9.17) is 0 Å². The van der Waals surface area contributed by atoms with Crippen LogP contribution in [0.5, 0.6) is 0 Å². The van der Waals surface area contributed by atoms with Gasteiger partial charge in [-0.15, -0.1) is 11.8 Å². The van der Waals surface area contributed by atoms with Crippen LogP contribution in [0.2, 0.25) is 0 Å². The predicted octanol–water partition coefficient (Wildman–Crippen LogP) is 3.01. The minimum absolute atomic E-state index is 0.0260. The zero-order valence-electron chi connectivity index (χ0n) is 15.4. The summed E-state index contributed by atoms with van der Waals surface area (Å²) in [5.41, 5.74) is 2.06. The summed E-state index contributed by atoms with van der Waals surface area (Å²) in [6, 6.07) is 13.4. The fourth-order valence-corrected chi connectivity index (χ4v) is 4.00. The Morgan fingerprint density at radius 3 is 2.33 bits per heavy atom. The summed E-state index contributed by atoms with van der Waals surface area (Å²) in [6.45, 7) is 1.49. The van der Waals surface area contributed by atoms with Crippen LogP contribution in [0.15, 0.2) is 53.4 Å². The average Bonchev–Trinajstić information content (AvgIpc) is 2.62. The van der Waals surface area contributed by atoms with Gasteiger partial charge in [0, 0.05) is 31.1 Å². The van der Waals surface area contributed by atoms with Crippen LogP contribution in [0.4, 0.5) is 5.69 Å². The Kier molecular flexibility index (Phi) is 7.18. The van der Waals surface area contributed by atoms with Gasteiger partial charge in [-0.2, -0.15) is 0 Å². The first-order valence-electron chi connectivity index (χ1n) is 8.20. The molecule has 0 saturated carbocycles. The first-order valence-corrected chi connectivity index (χ1v) is 10.8. The summed E-state index contributed by atoms with van der Waals surface area (Å²) in [5, 5.41) is 2.77. The first kappa shape index (κ1) is 21.1. The maximum Gasteiger partial charge on any atom is 0.242 e. The van der Waals surface area contributed by atoms with Crippen molar-refractivity contribution in [2.75, 3.05) is 25.2 Å². The second-order valence-electron chi connectivity index (χ2n) is 6.11. The van der Waals surface area contributed by atoms with Gasteiger partial charge in [0.25, 0.3) is 0 Å². The van der Waals surface area contributed by atoms with E-state index < -0.39 is 10.0 Å². The standard InChI is InChI=1S/C19H22N2O4S2/c1-14(22)16-7-9-17(10-8-16)20-19(23)13-26-12-15-5-4-6-18(11-15)27(24,25)21(2)3/h4-11H,12-13H2,1-3H3,(H,20,23). The maximum atomic E-state index is 12.2. The molecule has 0 spiro atoms. The van der Waals surface area contributed by atoms with E-state index in [1.807, 2.05) is 6.07 Å². The number of carbonyl (C=O) groups is 2. The smallest absolute Gasteiger partial charge is 0.242 e. The molecule has 0 atom stereocenters. The van der Waals surface area contributed by atoms with Crippen LogP contribution >= 0.6 is 11.8 Å². The van der Waals surface area contributed by atoms with Crippen molar-refractivity contribution < 1.29 is 18.0 Å². The van der Waals surface area contributed by atoms with Gasteiger partial charge in [-0.05, 0) is 48.9 Å². The molecule has 0 heterocycles. The third-order valence-electron chi connectivity index (χ3n) is 3.75. The van der Waals surface area contributed by atoms with E-state index in [1.165, 1.54) is 37.1 Å². The topological polar surface area (TPSA) is 83.5 Å². The number of hydrogen-bond acceptors (Lipinski definition) is 5. The van der Waals surface area contributed by atoms with Crippen LogP contribution in [0.25, 0.3) is 0 Å². The molecule has 0 bridgehead atoms. The molecule has 144 valence electrons. The SMILES string of the molecule is CC(=O)c1ccc(NC(=O)CSCc2cccc(S(=O)(=O)N(C)C)c2)cc1. The fourth-order valence-electron chi connectivity index (χ4n) is 2.25. The summed E-state index contributed by atoms with van der Waals surface area (Å²) >= 11 is 1.39. The number of rotatable bonds is 8. The minimum Gasteiger partial charge on any atom is -0.325 e. The van der Waals surface area contributed by atoms with Crippen molar-refractivity contribution in [3.8, 4) is 0 Å². The van der Waals surface area contributed by atoms with Crippen LogP contribution in [-0.4, -0.2) is 44.3 Å². The molecule has 1 amide bonds. The number of Topliss-reactive ketones (excluding diaryl/α,β-unsaturated/α-hetero) is 1. The number of anilines is 1. The number of hydrogen-bond donors (Lipinski definition) is 1. The summed E-state index contributed by atoms with van der Waals surface area (Å²) in [7, 11) is -0.490. The normalized spacial score (nSPS) is 11.4. The van der Waals surface area contributed by atoms with Gasteiger partial charge in [0.1, 0.15) is 0 Å². The average molecular weight is 407 g/mol. The Morgan fingerprint density at radius 1 is 1.07 bits per heavy atom. The van der Waals surface area contributed by atoms with Crippen molar-refractivity contribution in [1.29, 1.82) is 0 Å². The quantitative estimate of drug-likeness (QED) is 0.682. The van der Waals surface area contributed by atoms with Gasteiger partial charge in [-0.3, -0.25) is 9.59 Å². The molecule has 0 aromatic heterocycles. The Morgan fingerprint density at radius 2 is 1.74 bits per heavy atom. The Balaban J connectivity index is 1.89. The molecule has 2 rings (SSSR count). The van der Waals surface area contributed by atoms with E-state index in [-0.39, 0.29) is 22.3 Å². The van der Waals surface area contributed by atoms with E-state index in [9.17, 15) is 18.0 Å². The molecule has 2 aromatic rings. The van der Waals surface area contributed by atoms with E-state index in [2.05, 4.69) is 5.32 Å². The first-order chi connectivity index (χ1) is 12.7. The van der Waals surface area contributed by atoms with Gasteiger partial charge in [0.2, 0.25) is 15.9 Å². The molecule has 0 unspecified atom stereocenters. The van der Waals surface area contributed by atoms with Gasteiger partial charge >= 0.3 is 0 Å². The lowest BCUT2D eigenvalue weighted by molar-refractivity contribution is -0.113. The third-order valence-corrected chi connectivity index (χ3v) is 6.57. The van der Waals surface area contributed by atoms with E-state index in [0.717, 1.165) is 5.56 Å².